The number of carbonyl (C=O) groups is 1. The van der Waals surface area contributed by atoms with Crippen molar-refractivity contribution in [1.82, 2.24) is 4.98 Å². The van der Waals surface area contributed by atoms with Crippen molar-refractivity contribution in [3.8, 4) is 0 Å². The first-order valence-corrected chi connectivity index (χ1v) is 6.28. The largest absolute Gasteiger partial charge is 0.481 e. The van der Waals surface area contributed by atoms with Crippen LogP contribution in [0.3, 0.4) is 0 Å². The molecule has 3 N–H and O–H groups in total. The van der Waals surface area contributed by atoms with Crippen molar-refractivity contribution in [1.29, 1.82) is 0 Å². The maximum absolute atomic E-state index is 11.5. The average Bonchev–Trinajstić information content (AvgIpc) is 2.66. The summed E-state index contributed by atoms with van der Waals surface area (Å²) in [6.45, 7) is 1.90. The first-order chi connectivity index (χ1) is 7.54. The first kappa shape index (κ1) is 11.5. The predicted octanol–water partition coefficient (Wildman–Crippen LogP) is 1.68. The van der Waals surface area contributed by atoms with Crippen LogP contribution >= 0.6 is 11.3 Å². The van der Waals surface area contributed by atoms with Crippen LogP contribution in [-0.2, 0) is 10.2 Å². The van der Waals surface area contributed by atoms with Gasteiger partial charge in [0, 0.05) is 17.1 Å². The van der Waals surface area contributed by atoms with Crippen molar-refractivity contribution < 1.29 is 9.90 Å². The van der Waals surface area contributed by atoms with Crippen LogP contribution in [-0.4, -0.2) is 22.1 Å². The molecule has 0 amide bonds. The molecule has 1 aliphatic carbocycles. The van der Waals surface area contributed by atoms with Gasteiger partial charge in [-0.15, -0.1) is 11.3 Å². The molecule has 5 heteroatoms. The normalized spacial score (nSPS) is 30.2. The lowest BCUT2D eigenvalue weighted by Gasteiger charge is -2.34. The predicted molar refractivity (Wildman–Crippen MR) is 62.6 cm³/mol. The minimum atomic E-state index is -0.734. The van der Waals surface area contributed by atoms with Crippen molar-refractivity contribution >= 4 is 17.3 Å². The standard InChI is InChI=1S/C11H16N2O2S/c1-7-13-6-9(16-7)11(10(14)15)4-2-8(12)3-5-11/h6,8H,2-5,12H2,1H3,(H,14,15). The molecule has 0 unspecified atom stereocenters. The van der Waals surface area contributed by atoms with E-state index in [1.807, 2.05) is 6.92 Å². The minimum absolute atomic E-state index is 0.154. The number of aliphatic carboxylic acids is 1. The number of aromatic nitrogens is 1. The Morgan fingerprint density at radius 2 is 2.25 bits per heavy atom. The third-order valence-corrected chi connectivity index (χ3v) is 4.50. The highest BCUT2D eigenvalue weighted by Gasteiger charge is 2.44. The summed E-state index contributed by atoms with van der Waals surface area (Å²) < 4.78 is 0. The summed E-state index contributed by atoms with van der Waals surface area (Å²) in [6.07, 6.45) is 4.54. The molecule has 0 aromatic carbocycles. The van der Waals surface area contributed by atoms with E-state index in [9.17, 15) is 9.90 Å². The van der Waals surface area contributed by atoms with Gasteiger partial charge in [-0.05, 0) is 32.6 Å². The lowest BCUT2D eigenvalue weighted by atomic mass is 9.72. The molecule has 1 aliphatic rings. The van der Waals surface area contributed by atoms with E-state index in [0.29, 0.717) is 12.8 Å². The SMILES string of the molecule is Cc1ncc(C2(C(=O)O)CCC(N)CC2)s1. The summed E-state index contributed by atoms with van der Waals surface area (Å²) in [5, 5.41) is 10.4. The fourth-order valence-corrected chi connectivity index (χ4v) is 3.30. The van der Waals surface area contributed by atoms with E-state index in [2.05, 4.69) is 4.98 Å². The highest BCUT2D eigenvalue weighted by atomic mass is 32.1. The lowest BCUT2D eigenvalue weighted by Crippen LogP contribution is -2.42. The van der Waals surface area contributed by atoms with E-state index < -0.39 is 11.4 Å². The summed E-state index contributed by atoms with van der Waals surface area (Å²) in [5.41, 5.74) is 5.10. The molecule has 1 aromatic rings. The molecule has 4 nitrogen and oxygen atoms in total. The highest BCUT2D eigenvalue weighted by molar-refractivity contribution is 7.11. The molecule has 0 radical (unpaired) electrons. The quantitative estimate of drug-likeness (QED) is 0.824. The zero-order chi connectivity index (χ0) is 11.8. The minimum Gasteiger partial charge on any atom is -0.481 e. The van der Waals surface area contributed by atoms with Crippen molar-refractivity contribution in [2.24, 2.45) is 5.73 Å². The van der Waals surface area contributed by atoms with Crippen LogP contribution in [0.1, 0.15) is 35.6 Å². The number of thiazole rings is 1. The Balaban J connectivity index is 2.33. The number of hydrogen-bond donors (Lipinski definition) is 2. The van der Waals surface area contributed by atoms with Gasteiger partial charge in [0.25, 0.3) is 0 Å². The van der Waals surface area contributed by atoms with Gasteiger partial charge in [-0.1, -0.05) is 0 Å². The van der Waals surface area contributed by atoms with Gasteiger partial charge >= 0.3 is 5.97 Å². The smallest absolute Gasteiger partial charge is 0.315 e. The van der Waals surface area contributed by atoms with Gasteiger partial charge in [-0.3, -0.25) is 4.79 Å². The van der Waals surface area contributed by atoms with E-state index in [0.717, 1.165) is 22.7 Å². The van der Waals surface area contributed by atoms with Gasteiger partial charge in [0.05, 0.1) is 5.01 Å². The molecule has 1 aromatic heterocycles. The molecule has 1 fully saturated rings. The van der Waals surface area contributed by atoms with E-state index >= 15 is 0 Å². The van der Waals surface area contributed by atoms with Gasteiger partial charge in [-0.25, -0.2) is 4.98 Å². The van der Waals surface area contributed by atoms with Crippen LogP contribution < -0.4 is 5.73 Å². The summed E-state index contributed by atoms with van der Waals surface area (Å²) in [5.74, 6) is -0.733. The van der Waals surface area contributed by atoms with E-state index in [-0.39, 0.29) is 6.04 Å². The molecule has 2 rings (SSSR count). The second-order valence-corrected chi connectivity index (χ2v) is 5.70. The number of nitrogens with zero attached hydrogens (tertiary/aromatic N) is 1. The van der Waals surface area contributed by atoms with Gasteiger partial charge < -0.3 is 10.8 Å². The van der Waals surface area contributed by atoms with Gasteiger partial charge in [0.1, 0.15) is 5.41 Å². The second-order valence-electron chi connectivity index (χ2n) is 4.47. The summed E-state index contributed by atoms with van der Waals surface area (Å²) >= 11 is 1.49. The maximum atomic E-state index is 11.5. The average molecular weight is 240 g/mol. The third kappa shape index (κ3) is 1.85. The topological polar surface area (TPSA) is 76.2 Å². The summed E-state index contributed by atoms with van der Waals surface area (Å²) in [6, 6.07) is 0.154. The van der Waals surface area contributed by atoms with Crippen molar-refractivity contribution in [2.75, 3.05) is 0 Å². The van der Waals surface area contributed by atoms with E-state index in [1.54, 1.807) is 6.20 Å². The maximum Gasteiger partial charge on any atom is 0.315 e. The van der Waals surface area contributed by atoms with Crippen LogP contribution in [0.5, 0.6) is 0 Å². The number of carboxylic acid groups (broad SMARTS) is 1. The Morgan fingerprint density at radius 3 is 2.69 bits per heavy atom. The zero-order valence-corrected chi connectivity index (χ0v) is 10.1. The Bertz CT molecular complexity index is 394. The Morgan fingerprint density at radius 1 is 1.62 bits per heavy atom. The lowest BCUT2D eigenvalue weighted by molar-refractivity contribution is -0.145. The van der Waals surface area contributed by atoms with Crippen molar-refractivity contribution in [3.63, 3.8) is 0 Å². The molecular formula is C11H16N2O2S. The van der Waals surface area contributed by atoms with Crippen LogP contribution in [0.25, 0.3) is 0 Å². The first-order valence-electron chi connectivity index (χ1n) is 5.46. The number of nitrogens with two attached hydrogens (primary N) is 1. The van der Waals surface area contributed by atoms with Crippen LogP contribution in [0.4, 0.5) is 0 Å². The van der Waals surface area contributed by atoms with Crippen LogP contribution in [0.15, 0.2) is 6.20 Å². The molecule has 1 heterocycles. The second kappa shape index (κ2) is 4.14. The number of rotatable bonds is 2. The van der Waals surface area contributed by atoms with Gasteiger partial charge in [0.2, 0.25) is 0 Å². The molecule has 1 saturated carbocycles. The molecule has 0 saturated heterocycles. The van der Waals surface area contributed by atoms with Crippen molar-refractivity contribution in [3.05, 3.63) is 16.1 Å². The highest BCUT2D eigenvalue weighted by Crippen LogP contribution is 2.41. The fraction of sp³-hybridized carbons (Fsp3) is 0.636. The molecule has 0 aliphatic heterocycles. The summed E-state index contributed by atoms with van der Waals surface area (Å²) in [7, 11) is 0. The Labute approximate surface area is 98.5 Å². The van der Waals surface area contributed by atoms with E-state index in [1.165, 1.54) is 11.3 Å². The molecular weight excluding hydrogens is 224 g/mol. The monoisotopic (exact) mass is 240 g/mol. The van der Waals surface area contributed by atoms with Crippen molar-refractivity contribution in [2.45, 2.75) is 44.1 Å². The number of carboxylic acids is 1. The van der Waals surface area contributed by atoms with Gasteiger partial charge in [0.15, 0.2) is 0 Å². The number of hydrogen-bond acceptors (Lipinski definition) is 4. The third-order valence-electron chi connectivity index (χ3n) is 3.39. The Kier molecular flexibility index (Phi) is 2.99. The van der Waals surface area contributed by atoms with E-state index in [4.69, 9.17) is 5.73 Å². The zero-order valence-electron chi connectivity index (χ0n) is 9.27. The number of aryl methyl sites for hydroxylation is 1. The van der Waals surface area contributed by atoms with Crippen LogP contribution in [0, 0.1) is 6.92 Å². The Hall–Kier alpha value is -0.940. The molecule has 0 spiro atoms. The van der Waals surface area contributed by atoms with Crippen LogP contribution in [0.2, 0.25) is 0 Å². The molecule has 88 valence electrons. The molecule has 16 heavy (non-hydrogen) atoms. The molecule has 0 atom stereocenters. The fourth-order valence-electron chi connectivity index (χ4n) is 2.28. The summed E-state index contributed by atoms with van der Waals surface area (Å²) in [4.78, 5) is 16.6. The molecule has 0 bridgehead atoms. The van der Waals surface area contributed by atoms with Gasteiger partial charge in [-0.2, -0.15) is 0 Å².